The summed E-state index contributed by atoms with van der Waals surface area (Å²) < 4.78 is 0.953. The number of nitrogens with zero attached hydrogens (tertiary/aromatic N) is 2. The highest BCUT2D eigenvalue weighted by Gasteiger charge is 2.36. The van der Waals surface area contributed by atoms with Crippen LogP contribution in [0.4, 0.5) is 5.69 Å². The minimum atomic E-state index is -0.346. The minimum Gasteiger partial charge on any atom is -0.312 e. The molecular weight excluding hydrogens is 312 g/mol. The van der Waals surface area contributed by atoms with E-state index in [2.05, 4.69) is 15.9 Å². The third kappa shape index (κ3) is 2.96. The summed E-state index contributed by atoms with van der Waals surface area (Å²) in [7, 11) is 2.98. The van der Waals surface area contributed by atoms with Crippen molar-refractivity contribution in [3.63, 3.8) is 0 Å². The van der Waals surface area contributed by atoms with Crippen molar-refractivity contribution in [1.29, 1.82) is 0 Å². The number of benzene rings is 1. The second-order valence-electron chi connectivity index (χ2n) is 4.40. The molecule has 0 aromatic heterocycles. The Hall–Kier alpha value is -1.40. The van der Waals surface area contributed by atoms with Crippen LogP contribution in [-0.4, -0.2) is 37.6 Å². The molecule has 1 aromatic rings. The average molecular weight is 327 g/mol. The van der Waals surface area contributed by atoms with E-state index in [0.29, 0.717) is 6.54 Å². The predicted molar refractivity (Wildman–Crippen MR) is 74.4 cm³/mol. The van der Waals surface area contributed by atoms with Gasteiger partial charge in [-0.05, 0) is 24.3 Å². The molecule has 1 fully saturated rings. The van der Waals surface area contributed by atoms with E-state index in [1.165, 1.54) is 12.2 Å². The van der Waals surface area contributed by atoms with Gasteiger partial charge in [0.25, 0.3) is 5.91 Å². The number of anilines is 1. The number of hydrogen-bond donors (Lipinski definition) is 0. The van der Waals surface area contributed by atoms with Gasteiger partial charge in [-0.15, -0.1) is 0 Å². The molecular formula is C13H15BrN2O3. The summed E-state index contributed by atoms with van der Waals surface area (Å²) in [6, 6.07) is 7.46. The fraction of sp³-hybridized carbons (Fsp3) is 0.385. The third-order valence-electron chi connectivity index (χ3n) is 3.20. The minimum absolute atomic E-state index is 0.0369. The Bertz CT molecular complexity index is 489. The van der Waals surface area contributed by atoms with Crippen LogP contribution in [0.1, 0.15) is 6.42 Å². The van der Waals surface area contributed by atoms with Gasteiger partial charge in [0.05, 0.1) is 13.0 Å². The van der Waals surface area contributed by atoms with Crippen molar-refractivity contribution < 1.29 is 14.4 Å². The Balaban J connectivity index is 2.11. The van der Waals surface area contributed by atoms with Crippen LogP contribution in [0.3, 0.4) is 0 Å². The zero-order valence-electron chi connectivity index (χ0n) is 10.8. The first-order chi connectivity index (χ1) is 9.02. The molecule has 0 N–H and O–H groups in total. The first-order valence-corrected chi connectivity index (χ1v) is 6.70. The van der Waals surface area contributed by atoms with Crippen LogP contribution < -0.4 is 4.90 Å². The maximum atomic E-state index is 12.0. The van der Waals surface area contributed by atoms with Gasteiger partial charge in [0.1, 0.15) is 0 Å². The van der Waals surface area contributed by atoms with E-state index >= 15 is 0 Å². The van der Waals surface area contributed by atoms with Crippen molar-refractivity contribution >= 4 is 33.4 Å². The first kappa shape index (κ1) is 14.0. The zero-order valence-corrected chi connectivity index (χ0v) is 12.4. The molecule has 1 aliphatic heterocycles. The summed E-state index contributed by atoms with van der Waals surface area (Å²) in [5.74, 6) is -0.554. The molecule has 0 radical (unpaired) electrons. The van der Waals surface area contributed by atoms with Gasteiger partial charge in [-0.25, -0.2) is 5.06 Å². The van der Waals surface area contributed by atoms with Crippen LogP contribution in [-0.2, 0) is 14.4 Å². The van der Waals surface area contributed by atoms with Crippen LogP contribution in [0.2, 0.25) is 0 Å². The van der Waals surface area contributed by atoms with Crippen molar-refractivity contribution in [3.05, 3.63) is 28.7 Å². The van der Waals surface area contributed by atoms with Crippen LogP contribution in [0.15, 0.2) is 28.7 Å². The summed E-state index contributed by atoms with van der Waals surface area (Å²) in [4.78, 5) is 30.5. The van der Waals surface area contributed by atoms with Crippen molar-refractivity contribution in [2.45, 2.75) is 6.42 Å². The lowest BCUT2D eigenvalue weighted by Crippen LogP contribution is -2.34. The summed E-state index contributed by atoms with van der Waals surface area (Å²) in [6.07, 6.45) is 0.225. The molecule has 0 bridgehead atoms. The number of hydroxylamine groups is 2. The molecule has 2 rings (SSSR count). The third-order valence-corrected chi connectivity index (χ3v) is 3.73. The van der Waals surface area contributed by atoms with Crippen LogP contribution in [0, 0.1) is 5.92 Å². The van der Waals surface area contributed by atoms with Crippen molar-refractivity contribution in [1.82, 2.24) is 5.06 Å². The number of halogens is 1. The standard InChI is InChI=1S/C13H15BrN2O3/c1-15(19-2)13(18)9-7-12(17)16(8-9)11-5-3-10(14)4-6-11/h3-6,9H,7-8H2,1-2H3. The molecule has 6 heteroatoms. The lowest BCUT2D eigenvalue weighted by molar-refractivity contribution is -0.172. The summed E-state index contributed by atoms with van der Waals surface area (Å²) >= 11 is 3.35. The summed E-state index contributed by atoms with van der Waals surface area (Å²) in [6.45, 7) is 0.396. The fourth-order valence-electron chi connectivity index (χ4n) is 2.09. The maximum Gasteiger partial charge on any atom is 0.251 e. The molecule has 1 saturated heterocycles. The number of rotatable bonds is 3. The largest absolute Gasteiger partial charge is 0.312 e. The van der Waals surface area contributed by atoms with Gasteiger partial charge in [-0.1, -0.05) is 15.9 Å². The molecule has 1 aliphatic rings. The van der Waals surface area contributed by atoms with Gasteiger partial charge in [-0.3, -0.25) is 14.4 Å². The number of hydrogen-bond acceptors (Lipinski definition) is 3. The molecule has 102 valence electrons. The molecule has 1 atom stereocenters. The van der Waals surface area contributed by atoms with Crippen molar-refractivity contribution in [3.8, 4) is 0 Å². The molecule has 0 spiro atoms. The van der Waals surface area contributed by atoms with Crippen LogP contribution in [0.5, 0.6) is 0 Å². The summed E-state index contributed by atoms with van der Waals surface area (Å²) in [5.41, 5.74) is 0.809. The average Bonchev–Trinajstić information content (AvgIpc) is 2.80. The van der Waals surface area contributed by atoms with Gasteiger partial charge in [0.15, 0.2) is 0 Å². The van der Waals surface area contributed by atoms with Crippen LogP contribution in [0.25, 0.3) is 0 Å². The number of carbonyl (C=O) groups is 2. The van der Waals surface area contributed by atoms with E-state index in [1.807, 2.05) is 24.3 Å². The van der Waals surface area contributed by atoms with E-state index in [4.69, 9.17) is 4.84 Å². The topological polar surface area (TPSA) is 49.9 Å². The first-order valence-electron chi connectivity index (χ1n) is 5.90. The molecule has 1 aromatic carbocycles. The second kappa shape index (κ2) is 5.71. The Morgan fingerprint density at radius 1 is 1.42 bits per heavy atom. The highest BCUT2D eigenvalue weighted by Crippen LogP contribution is 2.27. The lowest BCUT2D eigenvalue weighted by atomic mass is 10.1. The molecule has 5 nitrogen and oxygen atoms in total. The number of amides is 2. The summed E-state index contributed by atoms with van der Waals surface area (Å²) in [5, 5.41) is 1.17. The molecule has 0 aliphatic carbocycles. The van der Waals surface area contributed by atoms with E-state index in [9.17, 15) is 9.59 Å². The Labute approximate surface area is 120 Å². The van der Waals surface area contributed by atoms with Crippen molar-refractivity contribution in [2.75, 3.05) is 25.6 Å². The van der Waals surface area contributed by atoms with E-state index in [0.717, 1.165) is 10.2 Å². The van der Waals surface area contributed by atoms with E-state index < -0.39 is 0 Å². The smallest absolute Gasteiger partial charge is 0.251 e. The van der Waals surface area contributed by atoms with Crippen molar-refractivity contribution in [2.24, 2.45) is 5.92 Å². The lowest BCUT2D eigenvalue weighted by Gasteiger charge is -2.19. The normalized spacial score (nSPS) is 18.8. The second-order valence-corrected chi connectivity index (χ2v) is 5.32. The van der Waals surface area contributed by atoms with Gasteiger partial charge in [0.2, 0.25) is 5.91 Å². The maximum absolute atomic E-state index is 12.0. The van der Waals surface area contributed by atoms with Gasteiger partial charge in [0, 0.05) is 30.2 Å². The molecule has 1 unspecified atom stereocenters. The molecule has 0 saturated carbocycles. The Morgan fingerprint density at radius 2 is 2.05 bits per heavy atom. The molecule has 2 amide bonds. The predicted octanol–water partition coefficient (Wildman–Crippen LogP) is 1.82. The Morgan fingerprint density at radius 3 is 2.63 bits per heavy atom. The fourth-order valence-corrected chi connectivity index (χ4v) is 2.35. The van der Waals surface area contributed by atoms with Gasteiger partial charge in [-0.2, -0.15) is 0 Å². The SMILES string of the molecule is CON(C)C(=O)C1CC(=O)N(c2ccc(Br)cc2)C1. The highest BCUT2D eigenvalue weighted by atomic mass is 79.9. The van der Waals surface area contributed by atoms with E-state index in [-0.39, 0.29) is 24.2 Å². The highest BCUT2D eigenvalue weighted by molar-refractivity contribution is 9.10. The van der Waals surface area contributed by atoms with Crippen LogP contribution >= 0.6 is 15.9 Å². The quantitative estimate of drug-likeness (QED) is 0.796. The number of carbonyl (C=O) groups excluding carboxylic acids is 2. The molecule has 1 heterocycles. The monoisotopic (exact) mass is 326 g/mol. The van der Waals surface area contributed by atoms with Gasteiger partial charge < -0.3 is 4.90 Å². The Kier molecular flexibility index (Phi) is 4.21. The zero-order chi connectivity index (χ0) is 14.0. The molecule has 19 heavy (non-hydrogen) atoms. The van der Waals surface area contributed by atoms with Gasteiger partial charge >= 0.3 is 0 Å². The van der Waals surface area contributed by atoms with E-state index in [1.54, 1.807) is 11.9 Å².